The Kier molecular flexibility index (Phi) is 5.62. The summed E-state index contributed by atoms with van der Waals surface area (Å²) in [5.41, 5.74) is 0.168. The Morgan fingerprint density at radius 2 is 2.10 bits per heavy atom. The lowest BCUT2D eigenvalue weighted by Crippen LogP contribution is -2.58. The van der Waals surface area contributed by atoms with E-state index in [0.29, 0.717) is 18.1 Å². The fourth-order valence-electron chi connectivity index (χ4n) is 3.04. The Hall–Kier alpha value is -1.10. The Balaban J connectivity index is 2.47. The summed E-state index contributed by atoms with van der Waals surface area (Å²) in [5.74, 6) is -0.184. The molecule has 1 saturated heterocycles. The van der Waals surface area contributed by atoms with Gasteiger partial charge < -0.3 is 10.1 Å². The van der Waals surface area contributed by atoms with Gasteiger partial charge in [0.2, 0.25) is 0 Å². The smallest absolute Gasteiger partial charge is 0.331 e. The molecule has 1 unspecified atom stereocenters. The van der Waals surface area contributed by atoms with Gasteiger partial charge in [-0.1, -0.05) is 30.7 Å². The minimum atomic E-state index is -0.747. The number of hydrogen-bond donors (Lipinski definition) is 1. The van der Waals surface area contributed by atoms with Gasteiger partial charge in [-0.3, -0.25) is 4.90 Å². The molecule has 0 amide bonds. The molecular weight excluding hydrogens is 288 g/mol. The predicted octanol–water partition coefficient (Wildman–Crippen LogP) is 2.41. The third kappa shape index (κ3) is 3.23. The van der Waals surface area contributed by atoms with Crippen molar-refractivity contribution in [2.75, 3.05) is 32.8 Å². The van der Waals surface area contributed by atoms with Gasteiger partial charge >= 0.3 is 5.97 Å². The maximum absolute atomic E-state index is 12.8. The molecule has 1 atom stereocenters. The maximum Gasteiger partial charge on any atom is 0.331 e. The topological polar surface area (TPSA) is 41.6 Å². The van der Waals surface area contributed by atoms with Crippen molar-refractivity contribution in [3.05, 3.63) is 34.9 Å². The zero-order valence-corrected chi connectivity index (χ0v) is 13.4. The number of nitrogens with zero attached hydrogens (tertiary/aromatic N) is 1. The highest BCUT2D eigenvalue weighted by Gasteiger charge is 2.45. The molecule has 1 fully saturated rings. The molecule has 1 N–H and O–H groups in total. The first-order valence-electron chi connectivity index (χ1n) is 7.54. The van der Waals surface area contributed by atoms with Crippen molar-refractivity contribution in [3.8, 4) is 0 Å². The Morgan fingerprint density at radius 1 is 1.38 bits per heavy atom. The molecule has 4 nitrogen and oxygen atoms in total. The van der Waals surface area contributed by atoms with Gasteiger partial charge in [0.25, 0.3) is 0 Å². The quantitative estimate of drug-likeness (QED) is 0.848. The number of esters is 1. The number of halogens is 1. The third-order valence-electron chi connectivity index (χ3n) is 4.08. The standard InChI is InChI=1S/C16H23ClN2O2/c1-3-16(15(20)21-4-2,19-10-8-18-9-11-19)13-6-5-7-14(17)12-13/h5-7,12,18H,3-4,8-11H2,1-2H3. The molecule has 1 heterocycles. The molecule has 0 spiro atoms. The Bertz CT molecular complexity index is 489. The number of nitrogens with one attached hydrogen (secondary N) is 1. The highest BCUT2D eigenvalue weighted by molar-refractivity contribution is 6.30. The summed E-state index contributed by atoms with van der Waals surface area (Å²) < 4.78 is 5.40. The van der Waals surface area contributed by atoms with Crippen LogP contribution < -0.4 is 5.32 Å². The van der Waals surface area contributed by atoms with Crippen LogP contribution in [0.15, 0.2) is 24.3 Å². The highest BCUT2D eigenvalue weighted by atomic mass is 35.5. The number of hydrogen-bond acceptors (Lipinski definition) is 4. The van der Waals surface area contributed by atoms with Crippen LogP contribution in [-0.2, 0) is 15.1 Å². The van der Waals surface area contributed by atoms with Crippen molar-refractivity contribution in [2.24, 2.45) is 0 Å². The molecule has 0 saturated carbocycles. The predicted molar refractivity (Wildman–Crippen MR) is 84.5 cm³/mol. The summed E-state index contributed by atoms with van der Waals surface area (Å²) in [6.45, 7) is 7.64. The Labute approximate surface area is 131 Å². The molecule has 5 heteroatoms. The molecule has 21 heavy (non-hydrogen) atoms. The fraction of sp³-hybridized carbons (Fsp3) is 0.562. The minimum absolute atomic E-state index is 0.184. The van der Waals surface area contributed by atoms with Crippen molar-refractivity contribution in [1.29, 1.82) is 0 Å². The zero-order chi connectivity index (χ0) is 15.3. The minimum Gasteiger partial charge on any atom is -0.464 e. The summed E-state index contributed by atoms with van der Waals surface area (Å²) >= 11 is 6.15. The van der Waals surface area contributed by atoms with Gasteiger partial charge in [0.15, 0.2) is 0 Å². The first kappa shape index (κ1) is 16.3. The summed E-state index contributed by atoms with van der Waals surface area (Å²) in [5, 5.41) is 3.97. The normalized spacial score (nSPS) is 19.0. The zero-order valence-electron chi connectivity index (χ0n) is 12.7. The van der Waals surface area contributed by atoms with Crippen molar-refractivity contribution < 1.29 is 9.53 Å². The van der Waals surface area contributed by atoms with E-state index in [9.17, 15) is 4.79 Å². The summed E-state index contributed by atoms with van der Waals surface area (Å²) in [6.07, 6.45) is 0.659. The van der Waals surface area contributed by atoms with E-state index in [-0.39, 0.29) is 5.97 Å². The lowest BCUT2D eigenvalue weighted by Gasteiger charge is -2.43. The molecule has 0 radical (unpaired) electrons. The van der Waals surface area contributed by atoms with Crippen molar-refractivity contribution in [3.63, 3.8) is 0 Å². The fourth-order valence-corrected chi connectivity index (χ4v) is 3.23. The maximum atomic E-state index is 12.8. The first-order chi connectivity index (χ1) is 10.1. The molecule has 2 rings (SSSR count). The Morgan fingerprint density at radius 3 is 2.67 bits per heavy atom. The van der Waals surface area contributed by atoms with Gasteiger partial charge in [-0.15, -0.1) is 0 Å². The lowest BCUT2D eigenvalue weighted by atomic mass is 9.84. The molecule has 1 aromatic carbocycles. The second kappa shape index (κ2) is 7.25. The van der Waals surface area contributed by atoms with Crippen molar-refractivity contribution in [1.82, 2.24) is 10.2 Å². The summed E-state index contributed by atoms with van der Waals surface area (Å²) in [7, 11) is 0. The summed E-state index contributed by atoms with van der Waals surface area (Å²) in [4.78, 5) is 15.0. The average Bonchev–Trinajstić information content (AvgIpc) is 2.50. The molecule has 0 bridgehead atoms. The van der Waals surface area contributed by atoms with Gasteiger partial charge in [-0.2, -0.15) is 0 Å². The van der Waals surface area contributed by atoms with Gasteiger partial charge in [0, 0.05) is 31.2 Å². The molecule has 0 aliphatic carbocycles. The van der Waals surface area contributed by atoms with Crippen LogP contribution in [0, 0.1) is 0 Å². The molecule has 116 valence electrons. The highest BCUT2D eigenvalue weighted by Crippen LogP contribution is 2.35. The molecule has 0 aromatic heterocycles. The van der Waals surface area contributed by atoms with E-state index in [0.717, 1.165) is 31.7 Å². The second-order valence-corrected chi connectivity index (χ2v) is 5.62. The molecular formula is C16H23ClN2O2. The van der Waals surface area contributed by atoms with Crippen molar-refractivity contribution in [2.45, 2.75) is 25.8 Å². The summed E-state index contributed by atoms with van der Waals surface area (Å²) in [6, 6.07) is 7.57. The molecule has 1 aromatic rings. The number of carbonyl (C=O) groups excluding carboxylic acids is 1. The van der Waals surface area contributed by atoms with Crippen LogP contribution in [-0.4, -0.2) is 43.7 Å². The average molecular weight is 311 g/mol. The molecule has 1 aliphatic rings. The van der Waals surface area contributed by atoms with Crippen molar-refractivity contribution >= 4 is 17.6 Å². The number of piperazine rings is 1. The largest absolute Gasteiger partial charge is 0.464 e. The van der Waals surface area contributed by atoms with Crippen LogP contribution >= 0.6 is 11.6 Å². The number of carbonyl (C=O) groups is 1. The van der Waals surface area contributed by atoms with E-state index in [1.165, 1.54) is 0 Å². The van der Waals surface area contributed by atoms with Crippen LogP contribution in [0.25, 0.3) is 0 Å². The van der Waals surface area contributed by atoms with E-state index >= 15 is 0 Å². The SMILES string of the molecule is CCOC(=O)C(CC)(c1cccc(Cl)c1)N1CCNCC1. The monoisotopic (exact) mass is 310 g/mol. The van der Waals surface area contributed by atoms with E-state index < -0.39 is 5.54 Å². The van der Waals surface area contributed by atoms with E-state index in [2.05, 4.69) is 10.2 Å². The van der Waals surface area contributed by atoms with Gasteiger partial charge in [0.05, 0.1) is 6.61 Å². The number of ether oxygens (including phenoxy) is 1. The van der Waals surface area contributed by atoms with Gasteiger partial charge in [0.1, 0.15) is 5.54 Å². The van der Waals surface area contributed by atoms with Gasteiger partial charge in [-0.25, -0.2) is 4.79 Å². The van der Waals surface area contributed by atoms with Crippen LogP contribution in [0.3, 0.4) is 0 Å². The van der Waals surface area contributed by atoms with Gasteiger partial charge in [-0.05, 0) is 31.0 Å². The number of rotatable bonds is 5. The van der Waals surface area contributed by atoms with Crippen LogP contribution in [0.4, 0.5) is 0 Å². The van der Waals surface area contributed by atoms with Crippen LogP contribution in [0.1, 0.15) is 25.8 Å². The van der Waals surface area contributed by atoms with Crippen LogP contribution in [0.5, 0.6) is 0 Å². The van der Waals surface area contributed by atoms with Crippen LogP contribution in [0.2, 0.25) is 5.02 Å². The molecule has 1 aliphatic heterocycles. The lowest BCUT2D eigenvalue weighted by molar-refractivity contribution is -0.160. The third-order valence-corrected chi connectivity index (χ3v) is 4.32. The van der Waals surface area contributed by atoms with E-state index in [1.54, 1.807) is 0 Å². The van der Waals surface area contributed by atoms with E-state index in [4.69, 9.17) is 16.3 Å². The van der Waals surface area contributed by atoms with E-state index in [1.807, 2.05) is 38.1 Å². The number of benzene rings is 1. The first-order valence-corrected chi connectivity index (χ1v) is 7.92. The second-order valence-electron chi connectivity index (χ2n) is 5.18.